The molecule has 1 N–H and O–H groups in total. The van der Waals surface area contributed by atoms with Crippen molar-refractivity contribution < 1.29 is 4.52 Å². The van der Waals surface area contributed by atoms with Crippen LogP contribution in [0.1, 0.15) is 12.7 Å². The van der Waals surface area contributed by atoms with Gasteiger partial charge in [-0.1, -0.05) is 16.8 Å². The van der Waals surface area contributed by atoms with Gasteiger partial charge in [0.1, 0.15) is 6.33 Å². The Kier molecular flexibility index (Phi) is 5.64. The summed E-state index contributed by atoms with van der Waals surface area (Å²) < 4.78 is 6.80. The van der Waals surface area contributed by atoms with E-state index in [4.69, 9.17) is 16.1 Å². The monoisotopic (exact) mass is 355 g/mol. The zero-order valence-corrected chi connectivity index (χ0v) is 14.0. The van der Waals surface area contributed by atoms with E-state index in [0.29, 0.717) is 28.7 Å². The van der Waals surface area contributed by atoms with Gasteiger partial charge in [-0.15, -0.1) is 17.5 Å². The lowest BCUT2D eigenvalue weighted by Gasteiger charge is -2.05. The van der Waals surface area contributed by atoms with Crippen molar-refractivity contribution in [3.8, 4) is 17.1 Å². The Hall–Kier alpha value is -2.03. The average molecular weight is 356 g/mol. The fraction of sp³-hybridized carbons (Fsp3) is 0.308. The molecule has 8 nitrogen and oxygen atoms in total. The van der Waals surface area contributed by atoms with Crippen LogP contribution in [-0.2, 0) is 6.42 Å². The van der Waals surface area contributed by atoms with Crippen LogP contribution in [0.2, 0.25) is 5.02 Å². The third kappa shape index (κ3) is 3.84. The third-order valence-electron chi connectivity index (χ3n) is 3.25. The Morgan fingerprint density at radius 3 is 2.87 bits per heavy atom. The van der Waals surface area contributed by atoms with Crippen molar-refractivity contribution in [2.45, 2.75) is 19.4 Å². The number of benzene rings is 1. The minimum atomic E-state index is 0. The smallest absolute Gasteiger partial charge is 0.259 e. The molecule has 1 unspecified atom stereocenters. The Labute approximate surface area is 143 Å². The minimum Gasteiger partial charge on any atom is -0.334 e. The number of hydrogen-bond donors (Lipinski definition) is 1. The molecule has 2 aromatic heterocycles. The molecule has 0 amide bonds. The standard InChI is InChI=1S/C13H14ClN7O.ClH/c1-8(15-2)5-12-17-13(22-18-12)10-4-3-9(6-11(10)14)21-7-16-19-20-21;/h3-4,6-8,15H,5H2,1-2H3;1H. The van der Waals surface area contributed by atoms with Gasteiger partial charge in [0.05, 0.1) is 16.3 Å². The maximum absolute atomic E-state index is 6.30. The molecule has 0 saturated carbocycles. The Bertz CT molecular complexity index is 760. The molecule has 3 rings (SSSR count). The number of halogens is 2. The normalized spacial score (nSPS) is 12.0. The lowest BCUT2D eigenvalue weighted by atomic mass is 10.2. The summed E-state index contributed by atoms with van der Waals surface area (Å²) in [5, 5.41) is 18.6. The molecule has 0 radical (unpaired) electrons. The van der Waals surface area contributed by atoms with E-state index >= 15 is 0 Å². The SMILES string of the molecule is CNC(C)Cc1noc(-c2ccc(-n3cnnn3)cc2Cl)n1.Cl. The van der Waals surface area contributed by atoms with Crippen LogP contribution in [0.15, 0.2) is 29.0 Å². The van der Waals surface area contributed by atoms with Crippen molar-refractivity contribution in [2.24, 2.45) is 0 Å². The predicted octanol–water partition coefficient (Wildman–Crippen LogP) is 1.94. The number of likely N-dealkylation sites (N-methyl/N-ethyl adjacent to an activating group) is 1. The Morgan fingerprint density at radius 1 is 1.39 bits per heavy atom. The molecule has 0 aliphatic carbocycles. The van der Waals surface area contributed by atoms with Crippen molar-refractivity contribution in [1.29, 1.82) is 0 Å². The topological polar surface area (TPSA) is 94.6 Å². The zero-order valence-electron chi connectivity index (χ0n) is 12.5. The molecule has 10 heteroatoms. The van der Waals surface area contributed by atoms with Crippen molar-refractivity contribution in [1.82, 2.24) is 35.7 Å². The van der Waals surface area contributed by atoms with Gasteiger partial charge in [-0.2, -0.15) is 4.98 Å². The maximum Gasteiger partial charge on any atom is 0.259 e. The van der Waals surface area contributed by atoms with E-state index in [0.717, 1.165) is 5.69 Å². The van der Waals surface area contributed by atoms with Gasteiger partial charge in [0.15, 0.2) is 5.82 Å². The van der Waals surface area contributed by atoms with Gasteiger partial charge < -0.3 is 9.84 Å². The summed E-state index contributed by atoms with van der Waals surface area (Å²) in [6, 6.07) is 5.64. The van der Waals surface area contributed by atoms with E-state index in [-0.39, 0.29) is 18.4 Å². The molecular weight excluding hydrogens is 341 g/mol. The van der Waals surface area contributed by atoms with Gasteiger partial charge in [0.25, 0.3) is 5.89 Å². The number of hydrogen-bond acceptors (Lipinski definition) is 7. The minimum absolute atomic E-state index is 0. The molecule has 0 aliphatic rings. The van der Waals surface area contributed by atoms with Crippen LogP contribution in [0.25, 0.3) is 17.1 Å². The molecule has 1 aromatic carbocycles. The summed E-state index contributed by atoms with van der Waals surface area (Å²) in [7, 11) is 1.89. The van der Waals surface area contributed by atoms with E-state index in [1.54, 1.807) is 12.1 Å². The highest BCUT2D eigenvalue weighted by Gasteiger charge is 2.14. The van der Waals surface area contributed by atoms with Crippen LogP contribution in [0.5, 0.6) is 0 Å². The first kappa shape index (κ1) is 17.3. The summed E-state index contributed by atoms with van der Waals surface area (Å²) in [6.07, 6.45) is 2.18. The van der Waals surface area contributed by atoms with Crippen molar-refractivity contribution in [2.75, 3.05) is 7.05 Å². The van der Waals surface area contributed by atoms with Gasteiger partial charge in [-0.05, 0) is 42.6 Å². The Morgan fingerprint density at radius 2 is 2.22 bits per heavy atom. The van der Waals surface area contributed by atoms with Crippen LogP contribution in [0, 0.1) is 0 Å². The van der Waals surface area contributed by atoms with Crippen molar-refractivity contribution in [3.05, 3.63) is 35.4 Å². The Balaban J connectivity index is 0.00000192. The number of nitrogens with zero attached hydrogens (tertiary/aromatic N) is 6. The summed E-state index contributed by atoms with van der Waals surface area (Å²) in [6.45, 7) is 2.05. The van der Waals surface area contributed by atoms with Gasteiger partial charge in [0.2, 0.25) is 0 Å². The van der Waals surface area contributed by atoms with Gasteiger partial charge in [-0.25, -0.2) is 4.68 Å². The molecule has 0 saturated heterocycles. The zero-order chi connectivity index (χ0) is 15.5. The van der Waals surface area contributed by atoms with Gasteiger partial charge >= 0.3 is 0 Å². The predicted molar refractivity (Wildman–Crippen MR) is 86.9 cm³/mol. The molecular formula is C13H15Cl2N7O. The van der Waals surface area contributed by atoms with E-state index in [9.17, 15) is 0 Å². The third-order valence-corrected chi connectivity index (χ3v) is 3.56. The number of rotatable bonds is 5. The van der Waals surface area contributed by atoms with Crippen LogP contribution in [-0.4, -0.2) is 43.4 Å². The fourth-order valence-electron chi connectivity index (χ4n) is 1.92. The molecule has 2 heterocycles. The van der Waals surface area contributed by atoms with Crippen molar-refractivity contribution in [3.63, 3.8) is 0 Å². The van der Waals surface area contributed by atoms with E-state index in [2.05, 4.69) is 31.0 Å². The first-order valence-electron chi connectivity index (χ1n) is 6.70. The highest BCUT2D eigenvalue weighted by atomic mass is 35.5. The summed E-state index contributed by atoms with van der Waals surface area (Å²) in [5.74, 6) is 1.03. The number of tetrazole rings is 1. The summed E-state index contributed by atoms with van der Waals surface area (Å²) in [4.78, 5) is 4.37. The van der Waals surface area contributed by atoms with E-state index in [1.165, 1.54) is 11.0 Å². The van der Waals surface area contributed by atoms with Crippen LogP contribution in [0.3, 0.4) is 0 Å². The molecule has 0 aliphatic heterocycles. The van der Waals surface area contributed by atoms with E-state index in [1.807, 2.05) is 20.0 Å². The quantitative estimate of drug-likeness (QED) is 0.746. The summed E-state index contributed by atoms with van der Waals surface area (Å²) in [5.41, 5.74) is 1.43. The first-order valence-corrected chi connectivity index (χ1v) is 7.08. The second-order valence-corrected chi connectivity index (χ2v) is 5.24. The molecule has 1 atom stereocenters. The number of nitrogens with one attached hydrogen (secondary N) is 1. The molecule has 23 heavy (non-hydrogen) atoms. The lowest BCUT2D eigenvalue weighted by molar-refractivity contribution is 0.418. The van der Waals surface area contributed by atoms with Crippen LogP contribution in [0.4, 0.5) is 0 Å². The number of aromatic nitrogens is 6. The molecule has 122 valence electrons. The fourth-order valence-corrected chi connectivity index (χ4v) is 2.18. The lowest BCUT2D eigenvalue weighted by Crippen LogP contribution is -2.24. The van der Waals surface area contributed by atoms with Gasteiger partial charge in [-0.3, -0.25) is 0 Å². The second kappa shape index (κ2) is 7.49. The van der Waals surface area contributed by atoms with Crippen LogP contribution < -0.4 is 5.32 Å². The molecule has 0 fully saturated rings. The molecule has 0 bridgehead atoms. The maximum atomic E-state index is 6.30. The highest BCUT2D eigenvalue weighted by Crippen LogP contribution is 2.28. The van der Waals surface area contributed by atoms with Gasteiger partial charge in [0, 0.05) is 12.5 Å². The van der Waals surface area contributed by atoms with Crippen molar-refractivity contribution >= 4 is 24.0 Å². The first-order chi connectivity index (χ1) is 10.7. The molecule has 3 aromatic rings. The van der Waals surface area contributed by atoms with E-state index < -0.39 is 0 Å². The summed E-state index contributed by atoms with van der Waals surface area (Å²) >= 11 is 6.30. The highest BCUT2D eigenvalue weighted by molar-refractivity contribution is 6.33. The largest absolute Gasteiger partial charge is 0.334 e. The average Bonchev–Trinajstić information content (AvgIpc) is 3.18. The second-order valence-electron chi connectivity index (χ2n) is 4.83. The molecule has 0 spiro atoms. The van der Waals surface area contributed by atoms with Crippen LogP contribution >= 0.6 is 24.0 Å².